The molecule has 2 aliphatic rings. The average molecular weight is 344 g/mol. The predicted octanol–water partition coefficient (Wildman–Crippen LogP) is 1.76. The van der Waals surface area contributed by atoms with E-state index in [2.05, 4.69) is 19.8 Å². The van der Waals surface area contributed by atoms with Crippen LogP contribution in [0.4, 0.5) is 16.0 Å². The Morgan fingerprint density at radius 3 is 2.56 bits per heavy atom. The van der Waals surface area contributed by atoms with Crippen molar-refractivity contribution in [3.05, 3.63) is 48.0 Å². The molecule has 132 valence electrons. The smallest absolute Gasteiger partial charge is 0.134 e. The molecule has 2 aliphatic heterocycles. The molecule has 1 aromatic carbocycles. The molecule has 0 saturated carbocycles. The van der Waals surface area contributed by atoms with Gasteiger partial charge in [0.25, 0.3) is 0 Å². The molecule has 1 aromatic heterocycles. The van der Waals surface area contributed by atoms with Gasteiger partial charge >= 0.3 is 0 Å². The van der Waals surface area contributed by atoms with Gasteiger partial charge in [0.05, 0.1) is 25.4 Å². The van der Waals surface area contributed by atoms with Crippen molar-refractivity contribution in [2.24, 2.45) is 0 Å². The Kier molecular flexibility index (Phi) is 4.50. The molecule has 0 spiro atoms. The van der Waals surface area contributed by atoms with Crippen LogP contribution in [0.15, 0.2) is 36.7 Å². The Morgan fingerprint density at radius 1 is 1.08 bits per heavy atom. The first-order chi connectivity index (χ1) is 12.2. The molecule has 25 heavy (non-hydrogen) atoms. The fourth-order valence-electron chi connectivity index (χ4n) is 3.53. The van der Waals surface area contributed by atoms with Gasteiger partial charge in [-0.3, -0.25) is 0 Å². The number of anilines is 2. The van der Waals surface area contributed by atoms with Gasteiger partial charge in [-0.15, -0.1) is 0 Å². The maximum Gasteiger partial charge on any atom is 0.134 e. The lowest BCUT2D eigenvalue weighted by Crippen LogP contribution is -2.37. The average Bonchev–Trinajstić information content (AvgIpc) is 3.05. The van der Waals surface area contributed by atoms with Crippen molar-refractivity contribution in [2.75, 3.05) is 42.6 Å². The molecule has 2 atom stereocenters. The Labute approximate surface area is 145 Å². The van der Waals surface area contributed by atoms with E-state index in [1.54, 1.807) is 18.5 Å². The highest BCUT2D eigenvalue weighted by molar-refractivity contribution is 5.53. The number of aliphatic hydroxyl groups is 1. The van der Waals surface area contributed by atoms with Gasteiger partial charge in [-0.2, -0.15) is 0 Å². The molecule has 4 rings (SSSR count). The van der Waals surface area contributed by atoms with Crippen LogP contribution < -0.4 is 9.80 Å². The maximum atomic E-state index is 13.2. The molecule has 2 saturated heterocycles. The summed E-state index contributed by atoms with van der Waals surface area (Å²) in [5.41, 5.74) is 0.976. The zero-order valence-electron chi connectivity index (χ0n) is 13.9. The highest BCUT2D eigenvalue weighted by Crippen LogP contribution is 2.36. The van der Waals surface area contributed by atoms with Crippen LogP contribution in [-0.4, -0.2) is 54.0 Å². The van der Waals surface area contributed by atoms with E-state index in [1.807, 2.05) is 6.07 Å². The highest BCUT2D eigenvalue weighted by Gasteiger charge is 2.33. The van der Waals surface area contributed by atoms with Crippen molar-refractivity contribution in [1.82, 2.24) is 9.97 Å². The van der Waals surface area contributed by atoms with Gasteiger partial charge < -0.3 is 19.6 Å². The fourth-order valence-corrected chi connectivity index (χ4v) is 3.53. The molecule has 0 bridgehead atoms. The van der Waals surface area contributed by atoms with Crippen LogP contribution in [0.3, 0.4) is 0 Å². The van der Waals surface area contributed by atoms with Gasteiger partial charge in [0.2, 0.25) is 0 Å². The molecule has 0 amide bonds. The largest absolute Gasteiger partial charge is 0.391 e. The van der Waals surface area contributed by atoms with E-state index < -0.39 is 6.10 Å². The lowest BCUT2D eigenvalue weighted by molar-refractivity contribution is 0.122. The van der Waals surface area contributed by atoms with E-state index in [-0.39, 0.29) is 11.9 Å². The number of nitrogens with zero attached hydrogens (tertiary/aromatic N) is 4. The number of rotatable bonds is 3. The van der Waals surface area contributed by atoms with E-state index in [0.29, 0.717) is 26.2 Å². The molecule has 2 fully saturated rings. The first kappa shape index (κ1) is 16.2. The number of aromatic nitrogens is 2. The Balaban J connectivity index is 1.61. The molecule has 0 aliphatic carbocycles. The zero-order valence-corrected chi connectivity index (χ0v) is 13.9. The van der Waals surface area contributed by atoms with Gasteiger partial charge in [0.1, 0.15) is 23.8 Å². The SMILES string of the molecule is O[C@H]1C[C@@H](c2ccc(F)cc2)N(c2cc(N3CCOCC3)ncn2)C1. The topological polar surface area (TPSA) is 61.7 Å². The number of benzene rings is 1. The Hall–Kier alpha value is -2.25. The van der Waals surface area contributed by atoms with Crippen molar-refractivity contribution in [3.8, 4) is 0 Å². The number of hydrogen-bond donors (Lipinski definition) is 1. The molecule has 0 unspecified atom stereocenters. The highest BCUT2D eigenvalue weighted by atomic mass is 19.1. The summed E-state index contributed by atoms with van der Waals surface area (Å²) in [4.78, 5) is 13.0. The minimum absolute atomic E-state index is 0.0250. The molecular weight excluding hydrogens is 323 g/mol. The van der Waals surface area contributed by atoms with E-state index in [9.17, 15) is 9.50 Å². The molecule has 3 heterocycles. The van der Waals surface area contributed by atoms with Gasteiger partial charge in [0, 0.05) is 25.7 Å². The summed E-state index contributed by atoms with van der Waals surface area (Å²) in [6.45, 7) is 3.50. The zero-order chi connectivity index (χ0) is 17.2. The second kappa shape index (κ2) is 6.93. The van der Waals surface area contributed by atoms with Crippen LogP contribution >= 0.6 is 0 Å². The van der Waals surface area contributed by atoms with Crippen LogP contribution in [0.25, 0.3) is 0 Å². The minimum Gasteiger partial charge on any atom is -0.391 e. The van der Waals surface area contributed by atoms with E-state index in [1.165, 1.54) is 12.1 Å². The molecule has 0 radical (unpaired) electrons. The second-order valence-electron chi connectivity index (χ2n) is 6.44. The van der Waals surface area contributed by atoms with Gasteiger partial charge in [-0.1, -0.05) is 12.1 Å². The van der Waals surface area contributed by atoms with E-state index in [0.717, 1.165) is 30.3 Å². The van der Waals surface area contributed by atoms with Crippen LogP contribution in [0, 0.1) is 5.82 Å². The van der Waals surface area contributed by atoms with Crippen molar-refractivity contribution in [2.45, 2.75) is 18.6 Å². The van der Waals surface area contributed by atoms with Crippen molar-refractivity contribution in [3.63, 3.8) is 0 Å². The van der Waals surface area contributed by atoms with Crippen molar-refractivity contribution >= 4 is 11.6 Å². The first-order valence-corrected chi connectivity index (χ1v) is 8.55. The number of hydrogen-bond acceptors (Lipinski definition) is 6. The van der Waals surface area contributed by atoms with Crippen LogP contribution in [0.5, 0.6) is 0 Å². The standard InChI is InChI=1S/C18H21FN4O2/c19-14-3-1-13(2-4-14)16-9-15(24)11-23(16)18-10-17(20-12-21-18)22-5-7-25-8-6-22/h1-4,10,12,15-16,24H,5-9,11H2/t15-,16-/m0/s1. The number of ether oxygens (including phenoxy) is 1. The number of aliphatic hydroxyl groups excluding tert-OH is 1. The van der Waals surface area contributed by atoms with Gasteiger partial charge in [0.15, 0.2) is 0 Å². The molecule has 6 nitrogen and oxygen atoms in total. The summed E-state index contributed by atoms with van der Waals surface area (Å²) in [6.07, 6.45) is 1.73. The van der Waals surface area contributed by atoms with Crippen LogP contribution in [0.1, 0.15) is 18.0 Å². The molecule has 2 aromatic rings. The maximum absolute atomic E-state index is 13.2. The molecular formula is C18H21FN4O2. The van der Waals surface area contributed by atoms with Gasteiger partial charge in [-0.05, 0) is 24.1 Å². The Bertz CT molecular complexity index is 721. The third-order valence-electron chi connectivity index (χ3n) is 4.80. The summed E-state index contributed by atoms with van der Waals surface area (Å²) < 4.78 is 18.6. The van der Waals surface area contributed by atoms with Crippen LogP contribution in [0.2, 0.25) is 0 Å². The van der Waals surface area contributed by atoms with Crippen LogP contribution in [-0.2, 0) is 4.74 Å². The summed E-state index contributed by atoms with van der Waals surface area (Å²) in [5, 5.41) is 10.2. The summed E-state index contributed by atoms with van der Waals surface area (Å²) >= 11 is 0. The first-order valence-electron chi connectivity index (χ1n) is 8.55. The van der Waals surface area contributed by atoms with Crippen molar-refractivity contribution < 1.29 is 14.2 Å². The third kappa shape index (κ3) is 3.43. The van der Waals surface area contributed by atoms with E-state index >= 15 is 0 Å². The predicted molar refractivity (Wildman–Crippen MR) is 92.2 cm³/mol. The fraction of sp³-hybridized carbons (Fsp3) is 0.444. The number of β-amino-alcohol motifs (C(OH)–C–C–N with tert-alkyl or cyclic N) is 1. The quantitative estimate of drug-likeness (QED) is 0.916. The minimum atomic E-state index is -0.433. The summed E-state index contributed by atoms with van der Waals surface area (Å²) in [6, 6.07) is 8.39. The molecule has 7 heteroatoms. The van der Waals surface area contributed by atoms with Crippen molar-refractivity contribution in [1.29, 1.82) is 0 Å². The normalized spacial score (nSPS) is 23.9. The lowest BCUT2D eigenvalue weighted by atomic mass is 10.0. The lowest BCUT2D eigenvalue weighted by Gasteiger charge is -2.30. The van der Waals surface area contributed by atoms with Gasteiger partial charge in [-0.25, -0.2) is 14.4 Å². The third-order valence-corrected chi connectivity index (χ3v) is 4.80. The number of halogens is 1. The summed E-state index contributed by atoms with van der Waals surface area (Å²) in [5.74, 6) is 1.39. The second-order valence-corrected chi connectivity index (χ2v) is 6.44. The Morgan fingerprint density at radius 2 is 1.80 bits per heavy atom. The number of morpholine rings is 1. The summed E-state index contributed by atoms with van der Waals surface area (Å²) in [7, 11) is 0. The van der Waals surface area contributed by atoms with E-state index in [4.69, 9.17) is 4.74 Å². The monoisotopic (exact) mass is 344 g/mol. The molecule has 1 N–H and O–H groups in total.